The molecule has 2 aromatic rings. The monoisotopic (exact) mass is 462 g/mol. The van der Waals surface area contributed by atoms with E-state index in [0.29, 0.717) is 26.1 Å². The summed E-state index contributed by atoms with van der Waals surface area (Å²) < 4.78 is 15.6. The third kappa shape index (κ3) is 11.4. The molecule has 2 rings (SSSR count). The first-order valence-electron chi connectivity index (χ1n) is 10.9. The maximum Gasteiger partial charge on any atom is 0.335 e. The lowest BCUT2D eigenvalue weighted by Gasteiger charge is -2.17. The van der Waals surface area contributed by atoms with Gasteiger partial charge in [0.05, 0.1) is 6.10 Å². The lowest BCUT2D eigenvalue weighted by Crippen LogP contribution is -2.30. The summed E-state index contributed by atoms with van der Waals surface area (Å²) in [6.45, 7) is 8.03. The Morgan fingerprint density at radius 3 is 1.52 bits per heavy atom. The quantitative estimate of drug-likeness (QED) is 0.432. The Labute approximate surface area is 194 Å². The molecular weight excluding hydrogens is 428 g/mol. The molecule has 8 heteroatoms. The molecule has 33 heavy (non-hydrogen) atoms. The summed E-state index contributed by atoms with van der Waals surface area (Å²) in [5, 5.41) is 27.1. The number of carbonyl (C=O) groups is 2. The highest BCUT2D eigenvalue weighted by Gasteiger charge is 2.22. The highest BCUT2D eigenvalue weighted by molar-refractivity contribution is 5.75. The molecule has 0 fully saturated rings. The fourth-order valence-electron chi connectivity index (χ4n) is 2.83. The second-order valence-electron chi connectivity index (χ2n) is 7.45. The van der Waals surface area contributed by atoms with Crippen LogP contribution in [-0.4, -0.2) is 58.8 Å². The van der Waals surface area contributed by atoms with Crippen LogP contribution in [0.4, 0.5) is 0 Å². The number of rotatable bonds is 11. The van der Waals surface area contributed by atoms with E-state index in [1.807, 2.05) is 20.8 Å². The molecule has 182 valence electrons. The van der Waals surface area contributed by atoms with Crippen molar-refractivity contribution in [2.45, 2.75) is 58.8 Å². The molecule has 0 aliphatic carbocycles. The van der Waals surface area contributed by atoms with Crippen LogP contribution in [0, 0.1) is 0 Å². The maximum atomic E-state index is 11.8. The summed E-state index contributed by atoms with van der Waals surface area (Å²) in [5.41, 5.74) is 1.75. The SMILES string of the molecule is CCO[C@@H](Cc1ccc(O)cc1)C(=O)OC(C)C.CCO[C@H](Cc1ccc(O)cc1)C(=O)O. The predicted molar refractivity (Wildman–Crippen MR) is 123 cm³/mol. The zero-order valence-electron chi connectivity index (χ0n) is 19.6. The molecule has 2 aromatic carbocycles. The average Bonchev–Trinajstić information content (AvgIpc) is 2.76. The fraction of sp³-hybridized carbons (Fsp3) is 0.440. The van der Waals surface area contributed by atoms with Gasteiger partial charge in [0.1, 0.15) is 11.5 Å². The van der Waals surface area contributed by atoms with Crippen molar-refractivity contribution >= 4 is 11.9 Å². The van der Waals surface area contributed by atoms with Crippen molar-refractivity contribution in [2.75, 3.05) is 13.2 Å². The molecule has 8 nitrogen and oxygen atoms in total. The Morgan fingerprint density at radius 2 is 1.15 bits per heavy atom. The van der Waals surface area contributed by atoms with Crippen LogP contribution in [0.15, 0.2) is 48.5 Å². The normalized spacial score (nSPS) is 12.4. The minimum Gasteiger partial charge on any atom is -0.508 e. The molecule has 0 aromatic heterocycles. The van der Waals surface area contributed by atoms with Crippen LogP contribution in [0.3, 0.4) is 0 Å². The number of esters is 1. The number of carbonyl (C=O) groups excluding carboxylic acids is 1. The maximum absolute atomic E-state index is 11.8. The predicted octanol–water partition coefficient (Wildman–Crippen LogP) is 3.72. The number of aliphatic carboxylic acids is 1. The number of phenols is 2. The molecular formula is C25H34O8. The minimum atomic E-state index is -0.968. The van der Waals surface area contributed by atoms with Crippen LogP contribution in [0.5, 0.6) is 11.5 Å². The van der Waals surface area contributed by atoms with Gasteiger partial charge in [-0.05, 0) is 63.1 Å². The van der Waals surface area contributed by atoms with Crippen molar-refractivity contribution in [2.24, 2.45) is 0 Å². The molecule has 0 saturated carbocycles. The van der Waals surface area contributed by atoms with E-state index < -0.39 is 18.2 Å². The van der Waals surface area contributed by atoms with Gasteiger partial charge in [-0.3, -0.25) is 0 Å². The molecule has 0 bridgehead atoms. The Kier molecular flexibility index (Phi) is 12.6. The average molecular weight is 463 g/mol. The van der Waals surface area contributed by atoms with Crippen LogP contribution in [0.25, 0.3) is 0 Å². The minimum absolute atomic E-state index is 0.153. The number of hydrogen-bond acceptors (Lipinski definition) is 7. The van der Waals surface area contributed by atoms with Crippen molar-refractivity contribution < 1.29 is 39.1 Å². The van der Waals surface area contributed by atoms with Crippen molar-refractivity contribution in [1.29, 1.82) is 0 Å². The lowest BCUT2D eigenvalue weighted by molar-refractivity contribution is -0.160. The third-order valence-electron chi connectivity index (χ3n) is 4.34. The number of ether oxygens (including phenoxy) is 3. The summed E-state index contributed by atoms with van der Waals surface area (Å²) >= 11 is 0. The van der Waals surface area contributed by atoms with Gasteiger partial charge in [0.15, 0.2) is 12.2 Å². The van der Waals surface area contributed by atoms with Gasteiger partial charge in [-0.15, -0.1) is 0 Å². The van der Waals surface area contributed by atoms with Crippen LogP contribution in [0.1, 0.15) is 38.8 Å². The Bertz CT molecular complexity index is 830. The van der Waals surface area contributed by atoms with Gasteiger partial charge in [-0.25, -0.2) is 9.59 Å². The Morgan fingerprint density at radius 1 is 0.758 bits per heavy atom. The number of carboxylic acids is 1. The summed E-state index contributed by atoms with van der Waals surface area (Å²) in [4.78, 5) is 22.6. The van der Waals surface area contributed by atoms with Crippen LogP contribution in [-0.2, 0) is 36.6 Å². The number of phenolic OH excluding ortho intramolecular Hbond substituents is 2. The summed E-state index contributed by atoms with van der Waals surface area (Å²) in [7, 11) is 0. The number of benzene rings is 2. The third-order valence-corrected chi connectivity index (χ3v) is 4.34. The molecule has 0 aliphatic heterocycles. The first-order chi connectivity index (χ1) is 15.7. The van der Waals surface area contributed by atoms with E-state index in [4.69, 9.17) is 24.4 Å². The van der Waals surface area contributed by atoms with Gasteiger partial charge >= 0.3 is 11.9 Å². The highest BCUT2D eigenvalue weighted by atomic mass is 16.6. The Balaban J connectivity index is 0.000000335. The van der Waals surface area contributed by atoms with Gasteiger partial charge in [-0.2, -0.15) is 0 Å². The van der Waals surface area contributed by atoms with Gasteiger partial charge in [-0.1, -0.05) is 24.3 Å². The van der Waals surface area contributed by atoms with Crippen LogP contribution >= 0.6 is 0 Å². The van der Waals surface area contributed by atoms with Gasteiger partial charge in [0, 0.05) is 26.1 Å². The Hall–Kier alpha value is -3.10. The van der Waals surface area contributed by atoms with Gasteiger partial charge in [0.25, 0.3) is 0 Å². The van der Waals surface area contributed by atoms with E-state index in [2.05, 4.69) is 0 Å². The van der Waals surface area contributed by atoms with E-state index >= 15 is 0 Å². The number of hydrogen-bond donors (Lipinski definition) is 3. The van der Waals surface area contributed by atoms with Crippen molar-refractivity contribution in [1.82, 2.24) is 0 Å². The molecule has 3 N–H and O–H groups in total. The number of aromatic hydroxyl groups is 2. The smallest absolute Gasteiger partial charge is 0.335 e. The van der Waals surface area contributed by atoms with Gasteiger partial charge in [0.2, 0.25) is 0 Å². The highest BCUT2D eigenvalue weighted by Crippen LogP contribution is 2.14. The van der Waals surface area contributed by atoms with E-state index in [-0.39, 0.29) is 23.6 Å². The molecule has 0 saturated heterocycles. The largest absolute Gasteiger partial charge is 0.508 e. The molecule has 0 heterocycles. The van der Waals surface area contributed by atoms with Crippen molar-refractivity contribution in [3.63, 3.8) is 0 Å². The van der Waals surface area contributed by atoms with Gasteiger partial charge < -0.3 is 29.5 Å². The standard InChI is InChI=1S/C14H20O4.C11H14O4/c1-4-17-13(14(16)18-10(2)3)9-11-5-7-12(15)8-6-11;1-2-15-10(11(13)14)7-8-3-5-9(12)6-4-8/h5-8,10,13,15H,4,9H2,1-3H3;3-6,10,12H,2,7H2,1H3,(H,13,14)/t13-;10-/m01/s1. The summed E-state index contributed by atoms with van der Waals surface area (Å²) in [6.07, 6.45) is -0.815. The van der Waals surface area contributed by atoms with Crippen LogP contribution in [0.2, 0.25) is 0 Å². The zero-order chi connectivity index (χ0) is 24.8. The molecule has 0 spiro atoms. The zero-order valence-corrected chi connectivity index (χ0v) is 19.6. The first kappa shape index (κ1) is 27.9. The van der Waals surface area contributed by atoms with E-state index in [1.165, 1.54) is 12.1 Å². The molecule has 2 atom stereocenters. The fourth-order valence-corrected chi connectivity index (χ4v) is 2.83. The lowest BCUT2D eigenvalue weighted by atomic mass is 10.1. The van der Waals surface area contributed by atoms with E-state index in [1.54, 1.807) is 43.3 Å². The summed E-state index contributed by atoms with van der Waals surface area (Å²) in [6, 6.07) is 13.1. The number of carboxylic acid groups (broad SMARTS) is 1. The van der Waals surface area contributed by atoms with Crippen LogP contribution < -0.4 is 0 Å². The van der Waals surface area contributed by atoms with Crippen molar-refractivity contribution in [3.8, 4) is 11.5 Å². The molecule has 0 radical (unpaired) electrons. The topological polar surface area (TPSA) is 123 Å². The van der Waals surface area contributed by atoms with E-state index in [9.17, 15) is 14.7 Å². The van der Waals surface area contributed by atoms with Crippen molar-refractivity contribution in [3.05, 3.63) is 59.7 Å². The second kappa shape index (κ2) is 14.9. The molecule has 0 aliphatic rings. The molecule has 0 unspecified atom stereocenters. The second-order valence-corrected chi connectivity index (χ2v) is 7.45. The molecule has 0 amide bonds. The first-order valence-corrected chi connectivity index (χ1v) is 10.9. The summed E-state index contributed by atoms with van der Waals surface area (Å²) in [5.74, 6) is -0.941. The van der Waals surface area contributed by atoms with E-state index in [0.717, 1.165) is 11.1 Å².